The molecule has 0 saturated heterocycles. The van der Waals surface area contributed by atoms with Gasteiger partial charge in [-0.1, -0.05) is 49.3 Å². The second kappa shape index (κ2) is 8.48. The van der Waals surface area contributed by atoms with Crippen molar-refractivity contribution in [3.8, 4) is 11.3 Å². The van der Waals surface area contributed by atoms with Crippen LogP contribution in [0.5, 0.6) is 0 Å². The maximum Gasteiger partial charge on any atom is 0.292 e. The first-order valence-electron chi connectivity index (χ1n) is 8.03. The molecule has 0 saturated carbocycles. The average Bonchev–Trinajstić information content (AvgIpc) is 3.09. The molecule has 1 amide bonds. The van der Waals surface area contributed by atoms with E-state index in [2.05, 4.69) is 19.0 Å². The molecular weight excluding hydrogens is 292 g/mol. The van der Waals surface area contributed by atoms with Crippen molar-refractivity contribution in [3.63, 3.8) is 0 Å². The molecule has 1 aromatic carbocycles. The first-order chi connectivity index (χ1) is 11.2. The lowest BCUT2D eigenvalue weighted by Crippen LogP contribution is -2.41. The number of rotatable bonds is 8. The van der Waals surface area contributed by atoms with Gasteiger partial charge in [-0.2, -0.15) is 0 Å². The predicted octanol–water partition coefficient (Wildman–Crippen LogP) is 3.62. The molecule has 0 spiro atoms. The number of carbonyl (C=O) groups is 1. The Labute approximate surface area is 137 Å². The molecule has 0 aliphatic carbocycles. The molecule has 1 heterocycles. The summed E-state index contributed by atoms with van der Waals surface area (Å²) >= 11 is 0. The molecule has 5 nitrogen and oxygen atoms in total. The van der Waals surface area contributed by atoms with E-state index in [1.54, 1.807) is 13.2 Å². The second-order valence-corrected chi connectivity index (χ2v) is 5.40. The van der Waals surface area contributed by atoms with Gasteiger partial charge in [0, 0.05) is 31.3 Å². The van der Waals surface area contributed by atoms with Gasteiger partial charge in [0.25, 0.3) is 5.91 Å². The standard InChI is InChI=1S/C18H24N2O3/c1-4-15(5-2)20(11-12-22-3)18(21)17-13-16(19-23-17)14-9-7-6-8-10-14/h6-10,13,15H,4-5,11-12H2,1-3H3. The van der Waals surface area contributed by atoms with Crippen molar-refractivity contribution in [3.05, 3.63) is 42.2 Å². The van der Waals surface area contributed by atoms with Gasteiger partial charge >= 0.3 is 0 Å². The molecule has 0 bridgehead atoms. The number of benzene rings is 1. The van der Waals surface area contributed by atoms with Crippen LogP contribution in [0.3, 0.4) is 0 Å². The van der Waals surface area contributed by atoms with Crippen LogP contribution in [-0.4, -0.2) is 42.3 Å². The first-order valence-corrected chi connectivity index (χ1v) is 8.03. The van der Waals surface area contributed by atoms with Crippen LogP contribution in [0.1, 0.15) is 37.2 Å². The highest BCUT2D eigenvalue weighted by atomic mass is 16.5. The fourth-order valence-electron chi connectivity index (χ4n) is 2.63. The van der Waals surface area contributed by atoms with Crippen LogP contribution >= 0.6 is 0 Å². The van der Waals surface area contributed by atoms with Gasteiger partial charge in [-0.25, -0.2) is 0 Å². The highest BCUT2D eigenvalue weighted by Gasteiger charge is 2.25. The molecule has 0 fully saturated rings. The number of hydrogen-bond donors (Lipinski definition) is 0. The Balaban J connectivity index is 2.21. The van der Waals surface area contributed by atoms with E-state index in [0.717, 1.165) is 18.4 Å². The molecular formula is C18H24N2O3. The van der Waals surface area contributed by atoms with E-state index in [9.17, 15) is 4.79 Å². The summed E-state index contributed by atoms with van der Waals surface area (Å²) in [7, 11) is 1.64. The fraction of sp³-hybridized carbons (Fsp3) is 0.444. The van der Waals surface area contributed by atoms with E-state index in [1.807, 2.05) is 35.2 Å². The van der Waals surface area contributed by atoms with Crippen LogP contribution in [0, 0.1) is 0 Å². The van der Waals surface area contributed by atoms with E-state index in [1.165, 1.54) is 0 Å². The lowest BCUT2D eigenvalue weighted by molar-refractivity contribution is 0.0549. The Bertz CT molecular complexity index is 606. The maximum atomic E-state index is 12.8. The molecule has 0 unspecified atom stereocenters. The number of ether oxygens (including phenoxy) is 1. The summed E-state index contributed by atoms with van der Waals surface area (Å²) < 4.78 is 10.4. The van der Waals surface area contributed by atoms with Crippen molar-refractivity contribution in [2.24, 2.45) is 0 Å². The summed E-state index contributed by atoms with van der Waals surface area (Å²) in [6, 6.07) is 11.6. The lowest BCUT2D eigenvalue weighted by Gasteiger charge is -2.29. The van der Waals surface area contributed by atoms with Gasteiger partial charge in [-0.15, -0.1) is 0 Å². The largest absolute Gasteiger partial charge is 0.383 e. The van der Waals surface area contributed by atoms with Crippen LogP contribution in [0.25, 0.3) is 11.3 Å². The quantitative estimate of drug-likeness (QED) is 0.746. The fourth-order valence-corrected chi connectivity index (χ4v) is 2.63. The van der Waals surface area contributed by atoms with Gasteiger partial charge < -0.3 is 14.2 Å². The van der Waals surface area contributed by atoms with Crippen molar-refractivity contribution in [2.45, 2.75) is 32.7 Å². The highest BCUT2D eigenvalue weighted by Crippen LogP contribution is 2.21. The van der Waals surface area contributed by atoms with E-state index in [0.29, 0.717) is 18.8 Å². The van der Waals surface area contributed by atoms with Crippen molar-refractivity contribution in [1.29, 1.82) is 0 Å². The third-order valence-electron chi connectivity index (χ3n) is 3.97. The molecule has 5 heteroatoms. The zero-order valence-corrected chi connectivity index (χ0v) is 14.0. The summed E-state index contributed by atoms with van der Waals surface area (Å²) in [4.78, 5) is 14.6. The zero-order chi connectivity index (χ0) is 16.7. The van der Waals surface area contributed by atoms with Crippen molar-refractivity contribution in [2.75, 3.05) is 20.3 Å². The topological polar surface area (TPSA) is 55.6 Å². The Morgan fingerprint density at radius 2 is 1.96 bits per heavy atom. The minimum Gasteiger partial charge on any atom is -0.383 e. The van der Waals surface area contributed by atoms with Crippen LogP contribution < -0.4 is 0 Å². The lowest BCUT2D eigenvalue weighted by atomic mass is 10.1. The third kappa shape index (κ3) is 4.20. The van der Waals surface area contributed by atoms with Crippen LogP contribution in [0.15, 0.2) is 40.9 Å². The summed E-state index contributed by atoms with van der Waals surface area (Å²) in [6.07, 6.45) is 1.79. The van der Waals surface area contributed by atoms with E-state index >= 15 is 0 Å². The predicted molar refractivity (Wildman–Crippen MR) is 89.2 cm³/mol. The van der Waals surface area contributed by atoms with Crippen molar-refractivity contribution >= 4 is 5.91 Å². The van der Waals surface area contributed by atoms with Crippen molar-refractivity contribution < 1.29 is 14.1 Å². The zero-order valence-electron chi connectivity index (χ0n) is 14.0. The summed E-state index contributed by atoms with van der Waals surface area (Å²) in [5.41, 5.74) is 1.60. The number of amides is 1. The monoisotopic (exact) mass is 316 g/mol. The Kier molecular flexibility index (Phi) is 6.35. The average molecular weight is 316 g/mol. The molecule has 0 atom stereocenters. The SMILES string of the molecule is CCC(CC)N(CCOC)C(=O)c1cc(-c2ccccc2)no1. The van der Waals surface area contributed by atoms with E-state index in [4.69, 9.17) is 9.26 Å². The normalized spacial score (nSPS) is 11.0. The van der Waals surface area contributed by atoms with Crippen LogP contribution in [0.2, 0.25) is 0 Å². The molecule has 2 rings (SSSR count). The molecule has 2 aromatic rings. The summed E-state index contributed by atoms with van der Waals surface area (Å²) in [6.45, 7) is 5.21. The van der Waals surface area contributed by atoms with Gasteiger partial charge in [0.2, 0.25) is 5.76 Å². The van der Waals surface area contributed by atoms with Crippen molar-refractivity contribution in [1.82, 2.24) is 10.1 Å². The molecule has 0 radical (unpaired) electrons. The van der Waals surface area contributed by atoms with Crippen LogP contribution in [0.4, 0.5) is 0 Å². The summed E-state index contributed by atoms with van der Waals surface area (Å²) in [5, 5.41) is 4.03. The minimum atomic E-state index is -0.134. The second-order valence-electron chi connectivity index (χ2n) is 5.40. The molecule has 1 aromatic heterocycles. The van der Waals surface area contributed by atoms with Crippen LogP contribution in [-0.2, 0) is 4.74 Å². The highest BCUT2D eigenvalue weighted by molar-refractivity contribution is 5.92. The number of hydrogen-bond acceptors (Lipinski definition) is 4. The Morgan fingerprint density at radius 3 is 2.57 bits per heavy atom. The number of nitrogens with zero attached hydrogens (tertiary/aromatic N) is 2. The van der Waals surface area contributed by atoms with Gasteiger partial charge in [0.1, 0.15) is 5.69 Å². The number of aromatic nitrogens is 1. The first kappa shape index (κ1) is 17.2. The van der Waals surface area contributed by atoms with Gasteiger partial charge in [-0.3, -0.25) is 4.79 Å². The third-order valence-corrected chi connectivity index (χ3v) is 3.97. The van der Waals surface area contributed by atoms with Gasteiger partial charge in [-0.05, 0) is 12.8 Å². The Morgan fingerprint density at radius 1 is 1.26 bits per heavy atom. The van der Waals surface area contributed by atoms with Gasteiger partial charge in [0.15, 0.2) is 0 Å². The molecule has 0 aliphatic rings. The summed E-state index contributed by atoms with van der Waals surface area (Å²) in [5.74, 6) is 0.136. The van der Waals surface area contributed by atoms with Gasteiger partial charge in [0.05, 0.1) is 6.61 Å². The molecule has 0 aliphatic heterocycles. The minimum absolute atomic E-state index is 0.134. The molecule has 0 N–H and O–H groups in total. The number of carbonyl (C=O) groups excluding carboxylic acids is 1. The smallest absolute Gasteiger partial charge is 0.292 e. The number of methoxy groups -OCH3 is 1. The molecule has 124 valence electrons. The van der Waals surface area contributed by atoms with E-state index < -0.39 is 0 Å². The molecule has 23 heavy (non-hydrogen) atoms. The van der Waals surface area contributed by atoms with E-state index in [-0.39, 0.29) is 17.7 Å². The maximum absolute atomic E-state index is 12.8. The Hall–Kier alpha value is -2.14.